The highest BCUT2D eigenvalue weighted by atomic mass is 32.2. The fourth-order valence-corrected chi connectivity index (χ4v) is 1.04. The van der Waals surface area contributed by atoms with Gasteiger partial charge < -0.3 is 5.11 Å². The van der Waals surface area contributed by atoms with E-state index in [9.17, 15) is 8.42 Å². The number of aliphatic hydroxyl groups is 1. The summed E-state index contributed by atoms with van der Waals surface area (Å²) in [6.07, 6.45) is 1.18. The third-order valence-corrected chi connectivity index (χ3v) is 2.01. The van der Waals surface area contributed by atoms with E-state index in [4.69, 9.17) is 5.11 Å². The topological polar surface area (TPSA) is 57.6 Å². The molecule has 0 spiro atoms. The van der Waals surface area contributed by atoms with Crippen LogP contribution in [0.1, 0.15) is 0 Å². The van der Waals surface area contributed by atoms with Crippen LogP contribution in [0.15, 0.2) is 0 Å². The third kappa shape index (κ3) is 6.00. The first-order valence-electron chi connectivity index (χ1n) is 2.93. The van der Waals surface area contributed by atoms with Crippen molar-refractivity contribution in [2.24, 2.45) is 0 Å². The lowest BCUT2D eigenvalue weighted by Gasteiger charge is -2.10. The van der Waals surface area contributed by atoms with Gasteiger partial charge in [-0.2, -0.15) is 0 Å². The second-order valence-corrected chi connectivity index (χ2v) is 4.61. The summed E-state index contributed by atoms with van der Waals surface area (Å²) < 4.78 is 21.1. The molecule has 10 heavy (non-hydrogen) atoms. The molecule has 0 atom stereocenters. The van der Waals surface area contributed by atoms with Gasteiger partial charge in [-0.25, -0.2) is 8.42 Å². The monoisotopic (exact) mass is 167 g/mol. The van der Waals surface area contributed by atoms with Crippen LogP contribution in [-0.4, -0.2) is 50.8 Å². The molecule has 0 saturated carbocycles. The van der Waals surface area contributed by atoms with Crippen molar-refractivity contribution >= 4 is 9.84 Å². The van der Waals surface area contributed by atoms with E-state index in [-0.39, 0.29) is 12.5 Å². The Morgan fingerprint density at radius 2 is 2.00 bits per heavy atom. The van der Waals surface area contributed by atoms with Gasteiger partial charge in [-0.1, -0.05) is 0 Å². The van der Waals surface area contributed by atoms with Crippen LogP contribution in [0.2, 0.25) is 0 Å². The van der Waals surface area contributed by atoms with Crippen molar-refractivity contribution in [2.45, 2.75) is 0 Å². The molecule has 4 nitrogen and oxygen atoms in total. The van der Waals surface area contributed by atoms with Gasteiger partial charge in [-0.3, -0.25) is 4.90 Å². The number of sulfone groups is 1. The van der Waals surface area contributed by atoms with Crippen LogP contribution < -0.4 is 0 Å². The molecule has 0 aromatic carbocycles. The molecule has 5 heteroatoms. The summed E-state index contributed by atoms with van der Waals surface area (Å²) in [7, 11) is -1.22. The summed E-state index contributed by atoms with van der Waals surface area (Å²) in [5.41, 5.74) is 0. The van der Waals surface area contributed by atoms with Crippen LogP contribution in [0, 0.1) is 0 Å². The minimum atomic E-state index is -2.88. The van der Waals surface area contributed by atoms with Crippen molar-refractivity contribution in [1.29, 1.82) is 0 Å². The minimum absolute atomic E-state index is 0.101. The number of rotatable bonds is 4. The summed E-state index contributed by atoms with van der Waals surface area (Å²) in [6.45, 7) is 0.283. The van der Waals surface area contributed by atoms with E-state index < -0.39 is 9.84 Å². The molecule has 0 heterocycles. The number of hydrogen-bond acceptors (Lipinski definition) is 4. The van der Waals surface area contributed by atoms with E-state index in [0.29, 0.717) is 6.54 Å². The van der Waals surface area contributed by atoms with Gasteiger partial charge in [0.1, 0.15) is 9.84 Å². The lowest BCUT2D eigenvalue weighted by atomic mass is 10.7. The second kappa shape index (κ2) is 3.90. The number of hydrogen-bond donors (Lipinski definition) is 1. The Morgan fingerprint density at radius 1 is 1.50 bits per heavy atom. The molecule has 0 amide bonds. The highest BCUT2D eigenvalue weighted by Crippen LogP contribution is 1.85. The third-order valence-electron chi connectivity index (χ3n) is 1.09. The van der Waals surface area contributed by atoms with Gasteiger partial charge in [-0.15, -0.1) is 0 Å². The Balaban J connectivity index is 3.56. The Kier molecular flexibility index (Phi) is 3.85. The Bertz CT molecular complexity index is 175. The fourth-order valence-electron chi connectivity index (χ4n) is 0.392. The van der Waals surface area contributed by atoms with Gasteiger partial charge in [0.15, 0.2) is 0 Å². The molecular weight excluding hydrogens is 154 g/mol. The van der Waals surface area contributed by atoms with E-state index in [1.54, 1.807) is 7.05 Å². The molecule has 0 bridgehead atoms. The van der Waals surface area contributed by atoms with Crippen molar-refractivity contribution in [2.75, 3.05) is 32.3 Å². The predicted octanol–water partition coefficient (Wildman–Crippen LogP) is -1.09. The molecule has 0 unspecified atom stereocenters. The van der Waals surface area contributed by atoms with Crippen LogP contribution in [0.3, 0.4) is 0 Å². The smallest absolute Gasteiger partial charge is 0.148 e. The fraction of sp³-hybridized carbons (Fsp3) is 1.00. The average Bonchev–Trinajstić information content (AvgIpc) is 1.81. The van der Waals surface area contributed by atoms with Crippen LogP contribution >= 0.6 is 0 Å². The van der Waals surface area contributed by atoms with Crippen LogP contribution in [0.4, 0.5) is 0 Å². The van der Waals surface area contributed by atoms with E-state index >= 15 is 0 Å². The lowest BCUT2D eigenvalue weighted by Crippen LogP contribution is -2.25. The molecule has 0 aromatic rings. The first kappa shape index (κ1) is 9.87. The van der Waals surface area contributed by atoms with Gasteiger partial charge >= 0.3 is 0 Å². The zero-order valence-electron chi connectivity index (χ0n) is 6.24. The van der Waals surface area contributed by atoms with E-state index in [1.165, 1.54) is 11.2 Å². The number of nitrogens with zero attached hydrogens (tertiary/aromatic N) is 1. The van der Waals surface area contributed by atoms with E-state index in [2.05, 4.69) is 0 Å². The first-order chi connectivity index (χ1) is 4.45. The van der Waals surface area contributed by atoms with Crippen molar-refractivity contribution in [3.63, 3.8) is 0 Å². The summed E-state index contributed by atoms with van der Waals surface area (Å²) in [5, 5.41) is 8.46. The maximum Gasteiger partial charge on any atom is 0.148 e. The maximum absolute atomic E-state index is 10.5. The van der Waals surface area contributed by atoms with Gasteiger partial charge in [0, 0.05) is 12.8 Å². The minimum Gasteiger partial charge on any atom is -0.381 e. The highest BCUT2D eigenvalue weighted by Gasteiger charge is 2.03. The van der Waals surface area contributed by atoms with E-state index in [0.717, 1.165) is 0 Å². The average molecular weight is 167 g/mol. The van der Waals surface area contributed by atoms with Crippen molar-refractivity contribution < 1.29 is 13.5 Å². The lowest BCUT2D eigenvalue weighted by molar-refractivity contribution is 0.139. The van der Waals surface area contributed by atoms with Crippen molar-refractivity contribution in [3.05, 3.63) is 0 Å². The molecule has 0 aliphatic rings. The molecule has 0 aromatic heterocycles. The largest absolute Gasteiger partial charge is 0.381 e. The van der Waals surface area contributed by atoms with Crippen molar-refractivity contribution in [3.8, 4) is 0 Å². The molecule has 0 radical (unpaired) electrons. The zero-order chi connectivity index (χ0) is 8.20. The normalized spacial score (nSPS) is 12.4. The van der Waals surface area contributed by atoms with E-state index in [1.807, 2.05) is 0 Å². The predicted molar refractivity (Wildman–Crippen MR) is 39.4 cm³/mol. The number of aliphatic hydroxyl groups excluding tert-OH is 1. The SMILES string of the molecule is CN(CO)CCS(C)(=O)=O. The molecule has 0 rings (SSSR count). The van der Waals surface area contributed by atoms with Crippen LogP contribution in [0.5, 0.6) is 0 Å². The standard InChI is InChI=1S/C5H13NO3S/c1-6(5-7)3-4-10(2,8)9/h7H,3-5H2,1-2H3. The maximum atomic E-state index is 10.5. The molecular formula is C5H13NO3S. The van der Waals surface area contributed by atoms with Gasteiger partial charge in [0.2, 0.25) is 0 Å². The summed E-state index contributed by atoms with van der Waals surface area (Å²) in [6, 6.07) is 0. The zero-order valence-corrected chi connectivity index (χ0v) is 7.06. The summed E-state index contributed by atoms with van der Waals surface area (Å²) >= 11 is 0. The summed E-state index contributed by atoms with van der Waals surface area (Å²) in [4.78, 5) is 1.53. The molecule has 0 aliphatic heterocycles. The quantitative estimate of drug-likeness (QED) is 0.541. The molecule has 62 valence electrons. The van der Waals surface area contributed by atoms with Crippen molar-refractivity contribution in [1.82, 2.24) is 4.90 Å². The molecule has 0 fully saturated rings. The van der Waals surface area contributed by atoms with Gasteiger partial charge in [0.05, 0.1) is 12.5 Å². The van der Waals surface area contributed by atoms with Gasteiger partial charge in [0.25, 0.3) is 0 Å². The molecule has 0 saturated heterocycles. The molecule has 0 aliphatic carbocycles. The van der Waals surface area contributed by atoms with Crippen LogP contribution in [0.25, 0.3) is 0 Å². The Labute approximate surface area is 61.4 Å². The Morgan fingerprint density at radius 3 is 2.30 bits per heavy atom. The molecule has 1 N–H and O–H groups in total. The van der Waals surface area contributed by atoms with Gasteiger partial charge in [-0.05, 0) is 7.05 Å². The second-order valence-electron chi connectivity index (χ2n) is 2.35. The Hall–Kier alpha value is -0.130. The van der Waals surface area contributed by atoms with Crippen LogP contribution in [-0.2, 0) is 9.84 Å². The highest BCUT2D eigenvalue weighted by molar-refractivity contribution is 7.90. The first-order valence-corrected chi connectivity index (χ1v) is 4.99. The summed E-state index contributed by atoms with van der Waals surface area (Å²) in [5.74, 6) is 0.101.